The zero-order valence-electron chi connectivity index (χ0n) is 9.95. The average molecular weight is 409 g/mol. The molecule has 0 N–H and O–H groups in total. The number of halogens is 4. The van der Waals surface area contributed by atoms with Gasteiger partial charge in [0.2, 0.25) is 0 Å². The van der Waals surface area contributed by atoms with E-state index in [-0.39, 0.29) is 26.2 Å². The van der Waals surface area contributed by atoms with Crippen LogP contribution in [0.15, 0.2) is 0 Å². The third kappa shape index (κ3) is 1270. The van der Waals surface area contributed by atoms with Crippen LogP contribution in [0.3, 0.4) is 0 Å². The molecule has 0 aromatic heterocycles. The first-order valence-corrected chi connectivity index (χ1v) is 5.87. The Kier molecular flexibility index (Phi) is 48.7. The number of hydrogen-bond donors (Lipinski definition) is 0. The summed E-state index contributed by atoms with van der Waals surface area (Å²) >= 11 is 18.9. The second-order valence-electron chi connectivity index (χ2n) is 2.17. The van der Waals surface area contributed by atoms with Crippen LogP contribution in [0, 0.1) is 0 Å². The van der Waals surface area contributed by atoms with Crippen molar-refractivity contribution in [2.75, 3.05) is 0 Å². The van der Waals surface area contributed by atoms with Crippen molar-refractivity contribution in [1.29, 1.82) is 0 Å². The van der Waals surface area contributed by atoms with Gasteiger partial charge in [0, 0.05) is 0 Å². The van der Waals surface area contributed by atoms with Crippen LogP contribution in [0.2, 0.25) is 0 Å². The van der Waals surface area contributed by atoms with Crippen molar-refractivity contribution in [3.05, 3.63) is 0 Å². The minimum atomic E-state index is -0.944. The molecule has 0 rings (SSSR count). The van der Waals surface area contributed by atoms with Gasteiger partial charge in [-0.3, -0.25) is 0 Å². The largest absolute Gasteiger partial charge is 4.00 e. The fourth-order valence-corrected chi connectivity index (χ4v) is 0. The van der Waals surface area contributed by atoms with Crippen LogP contribution in [0.25, 0.3) is 0 Å². The maximum Gasteiger partial charge on any atom is 4.00 e. The average Bonchev–Trinajstić information content (AvgIpc) is 1.76. The van der Waals surface area contributed by atoms with Crippen molar-refractivity contribution in [1.82, 2.24) is 0 Å². The van der Waals surface area contributed by atoms with Gasteiger partial charge < -0.3 is 20.4 Å². The summed E-state index contributed by atoms with van der Waals surface area (Å²) in [7, 11) is 0. The van der Waals surface area contributed by atoms with E-state index in [4.69, 9.17) is 46.4 Å². The molecule has 0 amide bonds. The van der Waals surface area contributed by atoms with Gasteiger partial charge in [-0.25, -0.2) is 0 Å². The van der Waals surface area contributed by atoms with Crippen molar-refractivity contribution in [3.63, 3.8) is 0 Å². The molecule has 17 heavy (non-hydrogen) atoms. The zero-order valence-corrected chi connectivity index (χ0v) is 15.4. The summed E-state index contributed by atoms with van der Waals surface area (Å²) in [6, 6.07) is 0. The molecule has 0 aromatic rings. The molecule has 0 fully saturated rings. The van der Waals surface area contributed by atoms with Crippen LogP contribution in [0.1, 0.15) is 27.7 Å². The van der Waals surface area contributed by atoms with E-state index in [2.05, 4.69) is 0 Å². The van der Waals surface area contributed by atoms with E-state index in [1.54, 1.807) is 0 Å². The molecule has 0 saturated heterocycles. The van der Waals surface area contributed by atoms with Crippen molar-refractivity contribution >= 4 is 46.4 Å². The molecule has 0 aliphatic heterocycles. The molecular formula is C8H16Cl4O4Zr. The van der Waals surface area contributed by atoms with E-state index >= 15 is 0 Å². The maximum atomic E-state index is 9.29. The van der Waals surface area contributed by atoms with Crippen LogP contribution in [-0.2, 0) is 26.2 Å². The third-order valence-corrected chi connectivity index (χ3v) is 0. The molecule has 0 bridgehead atoms. The molecular weight excluding hydrogens is 393 g/mol. The second kappa shape index (κ2) is 26.4. The molecule has 4 atom stereocenters. The molecule has 0 heterocycles. The summed E-state index contributed by atoms with van der Waals surface area (Å²) < 4.78 is 0. The van der Waals surface area contributed by atoms with Gasteiger partial charge in [0.1, 0.15) is 0 Å². The Morgan fingerprint density at radius 1 is 0.529 bits per heavy atom. The van der Waals surface area contributed by atoms with E-state index in [9.17, 15) is 20.4 Å². The summed E-state index contributed by atoms with van der Waals surface area (Å²) in [4.78, 5) is 0. The minimum absolute atomic E-state index is 0. The SMILES string of the molecule is CC([O-])Cl.CC([O-])Cl.CC([O-])Cl.CC([O-])Cl.[Zr+4]. The molecule has 9 heteroatoms. The van der Waals surface area contributed by atoms with Gasteiger partial charge in [0.15, 0.2) is 0 Å². The smallest absolute Gasteiger partial charge is 0.840 e. The quantitative estimate of drug-likeness (QED) is 0.515. The Hall–Kier alpha value is 1.88. The Balaban J connectivity index is -0.0000000369. The van der Waals surface area contributed by atoms with Crippen molar-refractivity contribution in [2.24, 2.45) is 0 Å². The molecule has 4 nitrogen and oxygen atoms in total. The summed E-state index contributed by atoms with van der Waals surface area (Å²) in [5, 5.41) is 37.2. The van der Waals surface area contributed by atoms with Crippen molar-refractivity contribution < 1.29 is 46.6 Å². The van der Waals surface area contributed by atoms with Gasteiger partial charge in [-0.1, -0.05) is 27.7 Å². The first-order valence-electron chi connectivity index (χ1n) is 4.13. The van der Waals surface area contributed by atoms with Gasteiger partial charge in [0.05, 0.1) is 0 Å². The van der Waals surface area contributed by atoms with Crippen molar-refractivity contribution in [2.45, 2.75) is 49.9 Å². The number of rotatable bonds is 0. The normalized spacial score (nSPS) is 14.8. The molecule has 0 aromatic carbocycles. The van der Waals surface area contributed by atoms with Crippen molar-refractivity contribution in [3.8, 4) is 0 Å². The fraction of sp³-hybridized carbons (Fsp3) is 1.00. The first kappa shape index (κ1) is 31.3. The summed E-state index contributed by atoms with van der Waals surface area (Å²) in [5.74, 6) is 0. The van der Waals surface area contributed by atoms with Gasteiger partial charge >= 0.3 is 26.2 Å². The summed E-state index contributed by atoms with van der Waals surface area (Å²) in [6.07, 6.45) is 0. The topological polar surface area (TPSA) is 92.2 Å². The van der Waals surface area contributed by atoms with E-state index < -0.39 is 22.3 Å². The van der Waals surface area contributed by atoms with E-state index in [1.165, 1.54) is 27.7 Å². The van der Waals surface area contributed by atoms with E-state index in [0.29, 0.717) is 0 Å². The molecule has 0 saturated carbocycles. The molecule has 0 aliphatic rings. The Morgan fingerprint density at radius 2 is 0.529 bits per heavy atom. The van der Waals surface area contributed by atoms with Gasteiger partial charge in [-0.15, -0.1) is 46.4 Å². The third-order valence-electron chi connectivity index (χ3n) is 0. The molecule has 104 valence electrons. The Bertz CT molecular complexity index is 72.5. The van der Waals surface area contributed by atoms with Crippen LogP contribution >= 0.6 is 46.4 Å². The Morgan fingerprint density at radius 3 is 0.529 bits per heavy atom. The van der Waals surface area contributed by atoms with Crippen LogP contribution in [-0.4, -0.2) is 22.3 Å². The fourth-order valence-electron chi connectivity index (χ4n) is 0. The molecule has 0 spiro atoms. The maximum absolute atomic E-state index is 9.29. The predicted molar refractivity (Wildman–Crippen MR) is 61.3 cm³/mol. The molecule has 4 unspecified atom stereocenters. The first-order chi connectivity index (χ1) is 6.93. The standard InChI is InChI=1S/4C2H4ClO.Zr/c4*1-2(3)4;/h4*2H,1H3;/q4*-1;+4. The van der Waals surface area contributed by atoms with Gasteiger partial charge in [-0.05, 0) is 22.3 Å². The summed E-state index contributed by atoms with van der Waals surface area (Å²) in [6.45, 7) is 5.51. The minimum Gasteiger partial charge on any atom is -0.840 e. The van der Waals surface area contributed by atoms with Crippen LogP contribution in [0.4, 0.5) is 0 Å². The Labute approximate surface area is 142 Å². The van der Waals surface area contributed by atoms with Gasteiger partial charge in [-0.2, -0.15) is 0 Å². The number of alkyl halides is 4. The van der Waals surface area contributed by atoms with Crippen LogP contribution in [0.5, 0.6) is 0 Å². The monoisotopic (exact) mass is 406 g/mol. The second-order valence-corrected chi connectivity index (χ2v) is 4.63. The number of hydrogen-bond acceptors (Lipinski definition) is 4. The van der Waals surface area contributed by atoms with E-state index in [1.807, 2.05) is 0 Å². The molecule has 0 radical (unpaired) electrons. The molecule has 0 aliphatic carbocycles. The zero-order chi connectivity index (χ0) is 14.3. The predicted octanol–water partition coefficient (Wildman–Crippen LogP) is -0.277. The van der Waals surface area contributed by atoms with Crippen LogP contribution < -0.4 is 20.4 Å². The van der Waals surface area contributed by atoms with Gasteiger partial charge in [0.25, 0.3) is 0 Å². The van der Waals surface area contributed by atoms with E-state index in [0.717, 1.165) is 0 Å². The summed E-state index contributed by atoms with van der Waals surface area (Å²) in [5.41, 5.74) is -3.78.